The molecule has 1 radical (unpaired) electrons. The van der Waals surface area contributed by atoms with Crippen LogP contribution in [0.5, 0.6) is 0 Å². The zero-order valence-electron chi connectivity index (χ0n) is 17.1. The van der Waals surface area contributed by atoms with Crippen molar-refractivity contribution in [1.82, 2.24) is 20.3 Å². The van der Waals surface area contributed by atoms with E-state index >= 15 is 0 Å². The predicted molar refractivity (Wildman–Crippen MR) is 106 cm³/mol. The molecule has 3 rings (SSSR count). The van der Waals surface area contributed by atoms with Crippen molar-refractivity contribution in [3.8, 4) is 0 Å². The van der Waals surface area contributed by atoms with Crippen LogP contribution in [-0.2, 0) is 19.5 Å². The number of quaternary nitrogens is 1. The summed E-state index contributed by atoms with van der Waals surface area (Å²) in [7, 11) is 0. The number of nitrogens with zero attached hydrogens (tertiary/aromatic N) is 1. The summed E-state index contributed by atoms with van der Waals surface area (Å²) in [6.07, 6.45) is -3.49. The SMILES string of the molecule is CCCC[N+]1(c2cc3ccccc3[nH]2)CCCC1.NNC(F)(F)F.NNC(F)(F)F.[Ru+3]. The van der Waals surface area contributed by atoms with Gasteiger partial charge in [-0.05, 0) is 12.5 Å². The van der Waals surface area contributed by atoms with Gasteiger partial charge in [0.1, 0.15) is 0 Å². The number of para-hydroxylation sites is 1. The summed E-state index contributed by atoms with van der Waals surface area (Å²) in [6.45, 7) is 6.21. The number of nitrogens with one attached hydrogen (secondary N) is 3. The molecular weight excluding hydrogens is 515 g/mol. The molecule has 1 aliphatic heterocycles. The van der Waals surface area contributed by atoms with Gasteiger partial charge in [-0.3, -0.25) is 16.2 Å². The monoisotopic (exact) mass is 545 g/mol. The third-order valence-electron chi connectivity index (χ3n) is 4.72. The molecule has 1 aliphatic rings. The number of likely N-dealkylation sites (tertiary alicyclic amines) is 1. The Morgan fingerprint density at radius 2 is 1.45 bits per heavy atom. The summed E-state index contributed by atoms with van der Waals surface area (Å²) >= 11 is 0. The summed E-state index contributed by atoms with van der Waals surface area (Å²) in [5, 5.41) is 1.35. The van der Waals surface area contributed by atoms with Crippen molar-refractivity contribution < 1.29 is 45.8 Å². The molecule has 0 amide bonds. The average Bonchev–Trinajstić information content (AvgIpc) is 3.34. The molecule has 177 valence electrons. The summed E-state index contributed by atoms with van der Waals surface area (Å²) in [4.78, 5) is 3.66. The second-order valence-corrected chi connectivity index (χ2v) is 6.90. The molecule has 0 saturated carbocycles. The molecule has 0 unspecified atom stereocenters. The number of halogens is 6. The van der Waals surface area contributed by atoms with E-state index < -0.39 is 12.6 Å². The average molecular weight is 545 g/mol. The van der Waals surface area contributed by atoms with Crippen LogP contribution in [0.1, 0.15) is 32.6 Å². The Hall–Kier alpha value is -1.24. The molecule has 1 aromatic carbocycles. The molecule has 2 aromatic rings. The summed E-state index contributed by atoms with van der Waals surface area (Å²) in [6, 6.07) is 11.0. The van der Waals surface area contributed by atoms with Crippen molar-refractivity contribution >= 4 is 16.7 Å². The van der Waals surface area contributed by atoms with Gasteiger partial charge in [-0.15, -0.1) is 0 Å². The van der Waals surface area contributed by atoms with Crippen molar-refractivity contribution in [2.45, 2.75) is 45.2 Å². The molecule has 0 atom stereocenters. The number of fused-ring (bicyclic) bond motifs is 1. The van der Waals surface area contributed by atoms with E-state index in [-0.39, 0.29) is 19.5 Å². The predicted octanol–water partition coefficient (Wildman–Crippen LogP) is 4.01. The number of hydrogen-bond donors (Lipinski definition) is 5. The number of alkyl halides is 6. The van der Waals surface area contributed by atoms with Crippen LogP contribution in [0.2, 0.25) is 0 Å². The van der Waals surface area contributed by atoms with E-state index in [0.29, 0.717) is 10.9 Å². The van der Waals surface area contributed by atoms with E-state index in [2.05, 4.69) is 53.9 Å². The standard InChI is InChI=1S/C16H23N2.2CH3F3N2.Ru/c1-2-3-10-18(11-6-7-12-18)16-13-14-8-4-5-9-15(14)17-16;2*2-1(3,4)6-5;/h4-5,8-9,13,17H,2-3,6-7,10-12H2,1H3;2*6H,5H2;/q+1;;;+3. The Bertz CT molecular complexity index is 696. The molecule has 0 bridgehead atoms. The number of hydrazine groups is 2. The quantitative estimate of drug-likeness (QED) is 0.101. The van der Waals surface area contributed by atoms with Crippen molar-refractivity contribution in [3.63, 3.8) is 0 Å². The molecule has 31 heavy (non-hydrogen) atoms. The summed E-state index contributed by atoms with van der Waals surface area (Å²) in [5.74, 6) is 9.29. The third kappa shape index (κ3) is 10.8. The van der Waals surface area contributed by atoms with Crippen LogP contribution in [0, 0.1) is 0 Å². The molecular formula is C18H29F6N6Ru+4. The molecule has 0 aliphatic carbocycles. The Morgan fingerprint density at radius 3 is 1.87 bits per heavy atom. The number of hydrogen-bond acceptors (Lipinski definition) is 4. The summed E-state index contributed by atoms with van der Waals surface area (Å²) in [5.41, 5.74) is 2.49. The first-order chi connectivity index (χ1) is 14.0. The largest absolute Gasteiger partial charge is 3.00 e. The van der Waals surface area contributed by atoms with E-state index in [9.17, 15) is 26.3 Å². The maximum Gasteiger partial charge on any atom is 3.00 e. The Kier molecular flexibility index (Phi) is 12.8. The van der Waals surface area contributed by atoms with E-state index in [1.807, 2.05) is 0 Å². The molecule has 1 fully saturated rings. The van der Waals surface area contributed by atoms with Gasteiger partial charge in [0.05, 0.1) is 25.2 Å². The third-order valence-corrected chi connectivity index (χ3v) is 4.72. The number of aromatic amines is 1. The van der Waals surface area contributed by atoms with Crippen LogP contribution < -0.4 is 27.0 Å². The van der Waals surface area contributed by atoms with Gasteiger partial charge in [0, 0.05) is 24.3 Å². The molecule has 13 heteroatoms. The summed E-state index contributed by atoms with van der Waals surface area (Å²) < 4.78 is 64.5. The Morgan fingerprint density at radius 1 is 0.968 bits per heavy atom. The Labute approximate surface area is 190 Å². The minimum Gasteiger partial charge on any atom is -0.310 e. The van der Waals surface area contributed by atoms with Crippen LogP contribution in [0.3, 0.4) is 0 Å². The minimum atomic E-state index is -4.43. The number of aromatic nitrogens is 1. The van der Waals surface area contributed by atoms with Crippen molar-refractivity contribution in [3.05, 3.63) is 30.3 Å². The minimum absolute atomic E-state index is 0. The zero-order valence-corrected chi connectivity index (χ0v) is 18.8. The van der Waals surface area contributed by atoms with Crippen LogP contribution in [0.25, 0.3) is 10.9 Å². The van der Waals surface area contributed by atoms with Gasteiger partial charge in [0.25, 0.3) is 0 Å². The zero-order chi connectivity index (χ0) is 22.8. The Balaban J connectivity index is 0.000000582. The normalized spacial score (nSPS) is 15.4. The van der Waals surface area contributed by atoms with Crippen molar-refractivity contribution in [2.24, 2.45) is 11.7 Å². The van der Waals surface area contributed by atoms with Gasteiger partial charge in [-0.2, -0.15) is 37.2 Å². The van der Waals surface area contributed by atoms with E-state index in [4.69, 9.17) is 0 Å². The number of H-pyrrole nitrogens is 1. The van der Waals surface area contributed by atoms with Gasteiger partial charge in [0.2, 0.25) is 5.82 Å². The van der Waals surface area contributed by atoms with Gasteiger partial charge in [-0.1, -0.05) is 31.5 Å². The molecule has 1 aromatic heterocycles. The number of benzene rings is 1. The second kappa shape index (κ2) is 13.3. The first-order valence-corrected chi connectivity index (χ1v) is 9.50. The van der Waals surface area contributed by atoms with E-state index in [1.165, 1.54) is 66.5 Å². The van der Waals surface area contributed by atoms with Gasteiger partial charge in [0.15, 0.2) is 0 Å². The molecule has 6 nitrogen and oxygen atoms in total. The van der Waals surface area contributed by atoms with Crippen LogP contribution in [0.4, 0.5) is 32.2 Å². The smallest absolute Gasteiger partial charge is 0.310 e. The van der Waals surface area contributed by atoms with E-state index in [0.717, 1.165) is 0 Å². The van der Waals surface area contributed by atoms with Crippen LogP contribution in [-0.4, -0.2) is 37.2 Å². The maximum absolute atomic E-state index is 10.5. The number of rotatable bonds is 4. The van der Waals surface area contributed by atoms with Gasteiger partial charge < -0.3 is 4.98 Å². The topological polar surface area (TPSA) is 91.9 Å². The molecule has 7 N–H and O–H groups in total. The molecule has 2 heterocycles. The fourth-order valence-corrected chi connectivity index (χ4v) is 3.30. The van der Waals surface area contributed by atoms with Gasteiger partial charge >= 0.3 is 32.1 Å². The van der Waals surface area contributed by atoms with Crippen molar-refractivity contribution in [1.29, 1.82) is 0 Å². The number of nitrogens with two attached hydrogens (primary N) is 2. The first kappa shape index (κ1) is 29.8. The fraction of sp³-hybridized carbons (Fsp3) is 0.556. The number of unbranched alkanes of at least 4 members (excludes halogenated alkanes) is 1. The molecule has 0 spiro atoms. The van der Waals surface area contributed by atoms with Crippen molar-refractivity contribution in [2.75, 3.05) is 19.6 Å². The van der Waals surface area contributed by atoms with Crippen LogP contribution in [0.15, 0.2) is 30.3 Å². The maximum atomic E-state index is 10.5. The first-order valence-electron chi connectivity index (χ1n) is 9.50. The van der Waals surface area contributed by atoms with Crippen LogP contribution >= 0.6 is 0 Å². The fourth-order valence-electron chi connectivity index (χ4n) is 3.30. The van der Waals surface area contributed by atoms with E-state index in [1.54, 1.807) is 0 Å². The van der Waals surface area contributed by atoms with Gasteiger partial charge in [-0.25, -0.2) is 0 Å². The molecule has 1 saturated heterocycles. The second-order valence-electron chi connectivity index (χ2n) is 6.90.